The maximum atomic E-state index is 13.2. The summed E-state index contributed by atoms with van der Waals surface area (Å²) in [7, 11) is 0. The number of morpholine rings is 1. The predicted octanol–water partition coefficient (Wildman–Crippen LogP) is 4.75. The fourth-order valence-corrected chi connectivity index (χ4v) is 5.26. The second kappa shape index (κ2) is 9.16. The van der Waals surface area contributed by atoms with E-state index in [9.17, 15) is 18.0 Å². The number of aromatic nitrogens is 1. The Morgan fingerprint density at radius 1 is 1.13 bits per heavy atom. The molecule has 2 aromatic rings. The zero-order valence-electron chi connectivity index (χ0n) is 17.4. The number of hydrogen-bond acceptors (Lipinski definition) is 4. The molecule has 2 unspecified atom stereocenters. The van der Waals surface area contributed by atoms with Crippen LogP contribution in [0, 0.1) is 0 Å². The van der Waals surface area contributed by atoms with Crippen LogP contribution in [0.5, 0.6) is 0 Å². The van der Waals surface area contributed by atoms with Crippen LogP contribution >= 0.6 is 11.3 Å². The lowest BCUT2D eigenvalue weighted by Crippen LogP contribution is -2.52. The van der Waals surface area contributed by atoms with Crippen molar-refractivity contribution in [1.82, 2.24) is 14.8 Å². The monoisotopic (exact) mass is 453 g/mol. The van der Waals surface area contributed by atoms with Gasteiger partial charge in [-0.1, -0.05) is 19.1 Å². The van der Waals surface area contributed by atoms with Crippen molar-refractivity contribution < 1.29 is 22.7 Å². The van der Waals surface area contributed by atoms with Gasteiger partial charge in [-0.05, 0) is 30.5 Å². The largest absolute Gasteiger partial charge is 0.416 e. The zero-order chi connectivity index (χ0) is 22.0. The summed E-state index contributed by atoms with van der Waals surface area (Å²) in [5.41, 5.74) is 1.20. The third kappa shape index (κ3) is 5.03. The van der Waals surface area contributed by atoms with E-state index in [1.165, 1.54) is 0 Å². The summed E-state index contributed by atoms with van der Waals surface area (Å²) in [6, 6.07) is 5.33. The summed E-state index contributed by atoms with van der Waals surface area (Å²) in [5.74, 6) is 0.0244. The number of halogens is 3. The van der Waals surface area contributed by atoms with Gasteiger partial charge < -0.3 is 14.5 Å². The molecule has 1 aromatic carbocycles. The highest BCUT2D eigenvalue weighted by Gasteiger charge is 2.36. The Labute approximate surface area is 183 Å². The van der Waals surface area contributed by atoms with Crippen LogP contribution in [-0.4, -0.2) is 60.2 Å². The van der Waals surface area contributed by atoms with Gasteiger partial charge in [0.15, 0.2) is 0 Å². The van der Waals surface area contributed by atoms with Crippen LogP contribution < -0.4 is 0 Å². The Morgan fingerprint density at radius 3 is 2.42 bits per heavy atom. The first kappa shape index (κ1) is 22.1. The first-order chi connectivity index (χ1) is 14.8. The minimum atomic E-state index is -4.36. The van der Waals surface area contributed by atoms with Gasteiger partial charge in [-0.25, -0.2) is 9.78 Å². The van der Waals surface area contributed by atoms with Crippen molar-refractivity contribution in [3.8, 4) is 0 Å². The van der Waals surface area contributed by atoms with Gasteiger partial charge in [0, 0.05) is 43.4 Å². The first-order valence-corrected chi connectivity index (χ1v) is 11.5. The number of aryl methyl sites for hydroxylation is 1. The third-order valence-corrected chi connectivity index (χ3v) is 7.05. The van der Waals surface area contributed by atoms with Crippen molar-refractivity contribution in [1.29, 1.82) is 0 Å². The average Bonchev–Trinajstić information content (AvgIpc) is 3.28. The van der Waals surface area contributed by atoms with E-state index >= 15 is 0 Å². The number of carbonyl (C=O) groups is 1. The van der Waals surface area contributed by atoms with Gasteiger partial charge in [-0.2, -0.15) is 13.2 Å². The van der Waals surface area contributed by atoms with E-state index in [-0.39, 0.29) is 17.9 Å². The molecule has 1 aromatic heterocycles. The lowest BCUT2D eigenvalue weighted by molar-refractivity contribution is -0.137. The summed E-state index contributed by atoms with van der Waals surface area (Å²) in [4.78, 5) is 21.6. The molecule has 4 rings (SSSR count). The van der Waals surface area contributed by atoms with Crippen LogP contribution in [0.15, 0.2) is 29.6 Å². The molecular formula is C22H26F3N3O2S. The van der Waals surface area contributed by atoms with E-state index < -0.39 is 11.7 Å². The normalized spacial score (nSPS) is 22.6. The highest BCUT2D eigenvalue weighted by Crippen LogP contribution is 2.38. The Bertz CT molecular complexity index is 894. The number of amides is 2. The van der Waals surface area contributed by atoms with Gasteiger partial charge >= 0.3 is 12.2 Å². The third-order valence-electron chi connectivity index (χ3n) is 5.99. The van der Waals surface area contributed by atoms with E-state index in [1.807, 2.05) is 10.3 Å². The molecule has 0 spiro atoms. The Hall–Kier alpha value is -2.13. The van der Waals surface area contributed by atoms with Crippen molar-refractivity contribution in [3.05, 3.63) is 51.5 Å². The summed E-state index contributed by atoms with van der Waals surface area (Å²) >= 11 is 1.60. The number of nitrogens with zero attached hydrogens (tertiary/aromatic N) is 3. The van der Waals surface area contributed by atoms with E-state index in [2.05, 4.69) is 6.92 Å². The number of hydrogen-bond donors (Lipinski definition) is 0. The minimum absolute atomic E-state index is 0.0304. The molecule has 168 valence electrons. The van der Waals surface area contributed by atoms with Gasteiger partial charge in [0.1, 0.15) is 0 Å². The molecule has 2 saturated heterocycles. The summed E-state index contributed by atoms with van der Waals surface area (Å²) in [6.07, 6.45) is -2.75. The Balaban J connectivity index is 1.58. The lowest BCUT2D eigenvalue weighted by Gasteiger charge is -2.40. The summed E-state index contributed by atoms with van der Waals surface area (Å²) in [6.45, 7) is 5.28. The van der Waals surface area contributed by atoms with Crippen molar-refractivity contribution in [2.45, 2.75) is 37.8 Å². The maximum Gasteiger partial charge on any atom is 0.416 e. The number of rotatable bonds is 3. The molecule has 2 aliphatic rings. The minimum Gasteiger partial charge on any atom is -0.378 e. The molecule has 2 aliphatic heterocycles. The number of urea groups is 1. The molecule has 0 N–H and O–H groups in total. The van der Waals surface area contributed by atoms with Crippen LogP contribution in [-0.2, 0) is 17.3 Å². The standard InChI is InChI=1S/C22H26F3N3O2S/c1-2-19-14-31-20(26-19)17-11-16(15-3-5-18(6-4-15)22(23,24)25)12-28(13-17)21(29)27-7-9-30-10-8-27/h3-6,14,16-17H,2,7-13H2,1H3. The molecule has 0 radical (unpaired) electrons. The smallest absolute Gasteiger partial charge is 0.378 e. The van der Waals surface area contributed by atoms with Crippen LogP contribution in [0.3, 0.4) is 0 Å². The van der Waals surface area contributed by atoms with Gasteiger partial charge in [0.05, 0.1) is 29.5 Å². The van der Waals surface area contributed by atoms with Crippen molar-refractivity contribution >= 4 is 17.4 Å². The molecule has 0 saturated carbocycles. The van der Waals surface area contributed by atoms with E-state index in [1.54, 1.807) is 28.4 Å². The van der Waals surface area contributed by atoms with E-state index in [0.29, 0.717) is 39.4 Å². The second-order valence-electron chi connectivity index (χ2n) is 8.07. The molecule has 5 nitrogen and oxygen atoms in total. The SMILES string of the molecule is CCc1csc(C2CC(c3ccc(C(F)(F)F)cc3)CN(C(=O)N3CCOCC3)C2)n1. The van der Waals surface area contributed by atoms with Gasteiger partial charge in [-0.3, -0.25) is 0 Å². The van der Waals surface area contributed by atoms with Gasteiger partial charge in [0.2, 0.25) is 0 Å². The lowest BCUT2D eigenvalue weighted by atomic mass is 9.84. The molecular weight excluding hydrogens is 427 g/mol. The average molecular weight is 454 g/mol. The number of alkyl halides is 3. The molecule has 3 heterocycles. The van der Waals surface area contributed by atoms with Gasteiger partial charge in [0.25, 0.3) is 0 Å². The number of carbonyl (C=O) groups excluding carboxylic acids is 1. The highest BCUT2D eigenvalue weighted by molar-refractivity contribution is 7.09. The maximum absolute atomic E-state index is 13.2. The summed E-state index contributed by atoms with van der Waals surface area (Å²) in [5, 5.41) is 3.04. The van der Waals surface area contributed by atoms with Crippen molar-refractivity contribution in [2.24, 2.45) is 0 Å². The van der Waals surface area contributed by atoms with E-state index in [4.69, 9.17) is 9.72 Å². The number of piperidine rings is 1. The molecule has 2 fully saturated rings. The fourth-order valence-electron chi connectivity index (χ4n) is 4.25. The zero-order valence-corrected chi connectivity index (χ0v) is 18.2. The number of ether oxygens (including phenoxy) is 1. The first-order valence-electron chi connectivity index (χ1n) is 10.6. The van der Waals surface area contributed by atoms with E-state index in [0.717, 1.165) is 41.2 Å². The molecule has 2 amide bonds. The molecule has 0 bridgehead atoms. The quantitative estimate of drug-likeness (QED) is 0.674. The molecule has 9 heteroatoms. The Kier molecular flexibility index (Phi) is 6.52. The van der Waals surface area contributed by atoms with Crippen LogP contribution in [0.2, 0.25) is 0 Å². The number of thiazole rings is 1. The second-order valence-corrected chi connectivity index (χ2v) is 8.96. The van der Waals surface area contributed by atoms with Crippen LogP contribution in [0.25, 0.3) is 0 Å². The number of likely N-dealkylation sites (tertiary alicyclic amines) is 1. The topological polar surface area (TPSA) is 45.7 Å². The highest BCUT2D eigenvalue weighted by atomic mass is 32.1. The van der Waals surface area contributed by atoms with Gasteiger partial charge in [-0.15, -0.1) is 11.3 Å². The van der Waals surface area contributed by atoms with Crippen molar-refractivity contribution in [3.63, 3.8) is 0 Å². The fraction of sp³-hybridized carbons (Fsp3) is 0.545. The van der Waals surface area contributed by atoms with Crippen LogP contribution in [0.4, 0.5) is 18.0 Å². The molecule has 2 atom stereocenters. The molecule has 0 aliphatic carbocycles. The van der Waals surface area contributed by atoms with Crippen molar-refractivity contribution in [2.75, 3.05) is 39.4 Å². The number of benzene rings is 1. The summed E-state index contributed by atoms with van der Waals surface area (Å²) < 4.78 is 44.3. The molecule has 31 heavy (non-hydrogen) atoms. The Morgan fingerprint density at radius 2 is 1.81 bits per heavy atom. The predicted molar refractivity (Wildman–Crippen MR) is 112 cm³/mol. The van der Waals surface area contributed by atoms with Crippen LogP contribution in [0.1, 0.15) is 47.0 Å².